The van der Waals surface area contributed by atoms with Gasteiger partial charge in [-0.05, 0) is 12.8 Å². The predicted octanol–water partition coefficient (Wildman–Crippen LogP) is -6.27. The summed E-state index contributed by atoms with van der Waals surface area (Å²) in [7, 11) is 0. The molecular weight excluding hydrogens is 290 g/mol. The Morgan fingerprint density at radius 3 is 1.33 bits per heavy atom. The van der Waals surface area contributed by atoms with Gasteiger partial charge in [0.2, 0.25) is 0 Å². The molecule has 0 aromatic rings. The maximum atomic E-state index is 10.9. The largest absolute Gasteiger partial charge is 2.00 e. The SMILES string of the molecule is O=C([O-])CC([O-])(CC(=O)[O-])C(=O)[O-].[Ca+2].[Zn+2]. The molecule has 0 aromatic carbocycles. The normalized spacial score (nSPS) is 9.40. The van der Waals surface area contributed by atoms with Crippen LogP contribution in [0.15, 0.2) is 0 Å². The average Bonchev–Trinajstić information content (AvgIpc) is 1.82. The summed E-state index contributed by atoms with van der Waals surface area (Å²) in [6, 6.07) is 0. The molecule has 9 heteroatoms. The van der Waals surface area contributed by atoms with Gasteiger partial charge in [0, 0.05) is 17.9 Å². The molecule has 7 nitrogen and oxygen atoms in total. The molecule has 0 amide bonds. The minimum atomic E-state index is -3.22. The summed E-state index contributed by atoms with van der Waals surface area (Å²) in [6.07, 6.45) is -2.94. The molecule has 0 aromatic heterocycles. The molecule has 0 saturated carbocycles. The van der Waals surface area contributed by atoms with E-state index in [-0.39, 0.29) is 57.2 Å². The Morgan fingerprint density at radius 2 is 1.20 bits per heavy atom. The second-order valence-corrected chi connectivity index (χ2v) is 2.38. The smallest absolute Gasteiger partial charge is 0.845 e. The van der Waals surface area contributed by atoms with Gasteiger partial charge in [-0.3, -0.25) is 0 Å². The van der Waals surface area contributed by atoms with Gasteiger partial charge in [-0.15, -0.1) is 0 Å². The van der Waals surface area contributed by atoms with Crippen molar-refractivity contribution in [3.05, 3.63) is 0 Å². The van der Waals surface area contributed by atoms with Crippen LogP contribution >= 0.6 is 0 Å². The van der Waals surface area contributed by atoms with Gasteiger partial charge < -0.3 is 34.8 Å². The summed E-state index contributed by atoms with van der Waals surface area (Å²) in [4.78, 5) is 29.9. The zero-order chi connectivity index (χ0) is 10.6. The molecule has 0 rings (SSSR count). The third-order valence-corrected chi connectivity index (χ3v) is 1.23. The third kappa shape index (κ3) is 8.10. The van der Waals surface area contributed by atoms with Crippen molar-refractivity contribution in [1.29, 1.82) is 0 Å². The van der Waals surface area contributed by atoms with Gasteiger partial charge in [-0.2, -0.15) is 0 Å². The van der Waals surface area contributed by atoms with E-state index in [1.807, 2.05) is 0 Å². The van der Waals surface area contributed by atoms with Gasteiger partial charge >= 0.3 is 57.2 Å². The van der Waals surface area contributed by atoms with Crippen LogP contribution in [0.3, 0.4) is 0 Å². The molecule has 0 atom stereocenters. The number of hydrogen-bond donors (Lipinski definition) is 0. The second kappa shape index (κ2) is 8.41. The molecule has 0 unspecified atom stereocenters. The van der Waals surface area contributed by atoms with E-state index in [4.69, 9.17) is 0 Å². The number of carboxylic acids is 3. The Balaban J connectivity index is -0.000000720. The van der Waals surface area contributed by atoms with Crippen LogP contribution in [0.25, 0.3) is 0 Å². The Kier molecular flexibility index (Phi) is 11.6. The number of carboxylic acid groups (broad SMARTS) is 3. The first-order valence-corrected chi connectivity index (χ1v) is 3.09. The van der Waals surface area contributed by atoms with E-state index in [1.165, 1.54) is 0 Å². The van der Waals surface area contributed by atoms with E-state index < -0.39 is 36.4 Å². The molecule has 0 aliphatic rings. The fraction of sp³-hybridized carbons (Fsp3) is 0.500. The maximum Gasteiger partial charge on any atom is 2.00 e. The van der Waals surface area contributed by atoms with Gasteiger partial charge in [0.25, 0.3) is 0 Å². The Hall–Kier alpha value is 0.253. The van der Waals surface area contributed by atoms with Crippen LogP contribution in [0.2, 0.25) is 0 Å². The van der Waals surface area contributed by atoms with Gasteiger partial charge in [0.1, 0.15) is 0 Å². The summed E-state index contributed by atoms with van der Waals surface area (Å²) in [5, 5.41) is 40.8. The first kappa shape index (κ1) is 20.6. The van der Waals surface area contributed by atoms with E-state index in [9.17, 15) is 34.8 Å². The predicted molar refractivity (Wildman–Crippen MR) is 32.7 cm³/mol. The van der Waals surface area contributed by atoms with E-state index in [0.29, 0.717) is 0 Å². The summed E-state index contributed by atoms with van der Waals surface area (Å²) < 4.78 is 0. The van der Waals surface area contributed by atoms with Crippen molar-refractivity contribution in [1.82, 2.24) is 0 Å². The molecule has 0 saturated heterocycles. The molecular formula is C6H4CaO7Zn. The summed E-state index contributed by atoms with van der Waals surface area (Å²) in [5.41, 5.74) is -3.22. The van der Waals surface area contributed by atoms with Crippen LogP contribution < -0.4 is 20.4 Å². The van der Waals surface area contributed by atoms with E-state index >= 15 is 0 Å². The summed E-state index contributed by atoms with van der Waals surface area (Å²) in [6.45, 7) is 0. The molecule has 0 heterocycles. The Morgan fingerprint density at radius 1 is 0.933 bits per heavy atom. The van der Waals surface area contributed by atoms with Gasteiger partial charge in [0.15, 0.2) is 0 Å². The van der Waals surface area contributed by atoms with Crippen molar-refractivity contribution in [3.8, 4) is 0 Å². The van der Waals surface area contributed by atoms with Gasteiger partial charge in [-0.25, -0.2) is 0 Å². The van der Waals surface area contributed by atoms with Crippen molar-refractivity contribution in [2.45, 2.75) is 18.4 Å². The quantitative estimate of drug-likeness (QED) is 0.458. The number of hydrogen-bond acceptors (Lipinski definition) is 7. The Labute approximate surface area is 127 Å². The minimum absolute atomic E-state index is 0. The second-order valence-electron chi connectivity index (χ2n) is 2.38. The van der Waals surface area contributed by atoms with Crippen LogP contribution in [0, 0.1) is 0 Å². The van der Waals surface area contributed by atoms with Crippen molar-refractivity contribution in [3.63, 3.8) is 0 Å². The van der Waals surface area contributed by atoms with E-state index in [1.54, 1.807) is 0 Å². The van der Waals surface area contributed by atoms with Crippen molar-refractivity contribution in [2.24, 2.45) is 0 Å². The maximum absolute atomic E-state index is 10.9. The van der Waals surface area contributed by atoms with Gasteiger partial charge in [0.05, 0.1) is 0 Å². The average molecular weight is 294 g/mol. The van der Waals surface area contributed by atoms with Crippen molar-refractivity contribution < 1.29 is 54.3 Å². The molecule has 74 valence electrons. The molecule has 0 radical (unpaired) electrons. The van der Waals surface area contributed by atoms with Gasteiger partial charge in [-0.1, -0.05) is 5.60 Å². The van der Waals surface area contributed by atoms with Crippen LogP contribution in [-0.4, -0.2) is 61.2 Å². The third-order valence-electron chi connectivity index (χ3n) is 1.23. The summed E-state index contributed by atoms with van der Waals surface area (Å²) >= 11 is 0. The fourth-order valence-electron chi connectivity index (χ4n) is 0.673. The fourth-order valence-corrected chi connectivity index (χ4v) is 0.673. The zero-order valence-electron chi connectivity index (χ0n) is 7.69. The number of carbonyl (C=O) groups is 3. The van der Waals surface area contributed by atoms with E-state index in [2.05, 4.69) is 0 Å². The molecule has 15 heavy (non-hydrogen) atoms. The number of rotatable bonds is 5. The van der Waals surface area contributed by atoms with E-state index in [0.717, 1.165) is 0 Å². The standard InChI is InChI=1S/C6H7O7.Ca.Zn/c7-3(8)1-6(13,5(11)12)2-4(9)10;;/h1-2H2,(H,7,8)(H,9,10)(H,11,12);;/q-1;2*+2/p-3. The van der Waals surface area contributed by atoms with Crippen molar-refractivity contribution in [2.75, 3.05) is 0 Å². The number of aliphatic carboxylic acids is 3. The topological polar surface area (TPSA) is 143 Å². The van der Waals surface area contributed by atoms with Crippen LogP contribution in [0.1, 0.15) is 12.8 Å². The number of carbonyl (C=O) groups excluding carboxylic acids is 3. The molecule has 0 bridgehead atoms. The van der Waals surface area contributed by atoms with Crippen molar-refractivity contribution >= 4 is 55.6 Å². The molecule has 0 fully saturated rings. The first-order chi connectivity index (χ1) is 5.78. The first-order valence-electron chi connectivity index (χ1n) is 3.09. The molecule has 0 spiro atoms. The molecule has 0 aliphatic heterocycles. The van der Waals surface area contributed by atoms with Crippen LogP contribution in [-0.2, 0) is 33.9 Å². The summed E-state index contributed by atoms with van der Waals surface area (Å²) in [5.74, 6) is -6.22. The molecule has 0 aliphatic carbocycles. The van der Waals surface area contributed by atoms with Crippen LogP contribution in [0.5, 0.6) is 0 Å². The Bertz CT molecular complexity index is 238. The molecule has 0 N–H and O–H groups in total. The minimum Gasteiger partial charge on any atom is -0.845 e. The van der Waals surface area contributed by atoms with Crippen LogP contribution in [0.4, 0.5) is 0 Å². The zero-order valence-corrected chi connectivity index (χ0v) is 12.9. The monoisotopic (exact) mass is 292 g/mol.